The zero-order valence-corrected chi connectivity index (χ0v) is 29.5. The number of Topliss-reactive ketones (excluding diaryl/α,β-unsaturated/α-hetero) is 2. The monoisotopic (exact) mass is 678 g/mol. The Labute approximate surface area is 294 Å². The molecular formula is C40H46N4O6. The molecule has 3 rings (SSSR count). The largest absolute Gasteiger partial charge is 0.444 e. The third-order valence-corrected chi connectivity index (χ3v) is 7.56. The molecule has 3 aromatic carbocycles. The number of alkyl carbamates (subject to hydrolysis) is 2. The number of terminal acetylenes is 2. The molecule has 10 heteroatoms. The highest BCUT2D eigenvalue weighted by Gasteiger charge is 2.42. The number of ether oxygens (including phenoxy) is 2. The van der Waals surface area contributed by atoms with Gasteiger partial charge < -0.3 is 31.6 Å². The lowest BCUT2D eigenvalue weighted by Gasteiger charge is -2.31. The Morgan fingerprint density at radius 3 is 1.16 bits per heavy atom. The highest BCUT2D eigenvalue weighted by atomic mass is 16.6. The molecular weight excluding hydrogens is 632 g/mol. The van der Waals surface area contributed by atoms with E-state index in [9.17, 15) is 19.2 Å². The molecule has 262 valence electrons. The van der Waals surface area contributed by atoms with Crippen molar-refractivity contribution in [3.05, 3.63) is 106 Å². The maximum absolute atomic E-state index is 13.8. The summed E-state index contributed by atoms with van der Waals surface area (Å²) in [6.07, 6.45) is 10.5. The average molecular weight is 679 g/mol. The van der Waals surface area contributed by atoms with Crippen molar-refractivity contribution in [1.29, 1.82) is 0 Å². The maximum Gasteiger partial charge on any atom is 0.407 e. The van der Waals surface area contributed by atoms with Crippen molar-refractivity contribution >= 4 is 23.8 Å². The fourth-order valence-electron chi connectivity index (χ4n) is 4.96. The fraction of sp³-hybridized carbons (Fsp3) is 0.350. The summed E-state index contributed by atoms with van der Waals surface area (Å²) in [6.45, 7) is 11.1. The summed E-state index contributed by atoms with van der Waals surface area (Å²) in [6, 6.07) is 20.4. The molecule has 50 heavy (non-hydrogen) atoms. The van der Waals surface area contributed by atoms with Gasteiger partial charge in [-0.15, -0.1) is 12.8 Å². The second kappa shape index (κ2) is 15.9. The number of benzene rings is 3. The van der Waals surface area contributed by atoms with Gasteiger partial charge in [-0.25, -0.2) is 9.59 Å². The Bertz CT molecular complexity index is 1660. The van der Waals surface area contributed by atoms with Crippen molar-refractivity contribution < 1.29 is 28.7 Å². The first-order valence-corrected chi connectivity index (χ1v) is 16.1. The molecule has 0 spiro atoms. The molecule has 0 bridgehead atoms. The Hall–Kier alpha value is -5.42. The van der Waals surface area contributed by atoms with Crippen LogP contribution in [0.3, 0.4) is 0 Å². The zero-order chi connectivity index (χ0) is 37.3. The number of hydrogen-bond donors (Lipinski definition) is 4. The van der Waals surface area contributed by atoms with Gasteiger partial charge >= 0.3 is 12.2 Å². The molecule has 0 saturated heterocycles. The smallest absolute Gasteiger partial charge is 0.407 e. The first-order chi connectivity index (χ1) is 23.3. The third kappa shape index (κ3) is 10.5. The molecule has 0 saturated carbocycles. The molecule has 0 heterocycles. The highest BCUT2D eigenvalue weighted by molar-refractivity contribution is 5.98. The third-order valence-electron chi connectivity index (χ3n) is 7.56. The van der Waals surface area contributed by atoms with Crippen molar-refractivity contribution in [3.8, 4) is 24.7 Å². The van der Waals surface area contributed by atoms with Gasteiger partial charge in [-0.1, -0.05) is 84.6 Å². The summed E-state index contributed by atoms with van der Waals surface area (Å²) in [4.78, 5) is 51.5. The van der Waals surface area contributed by atoms with Crippen LogP contribution < -0.4 is 22.1 Å². The van der Waals surface area contributed by atoms with E-state index in [4.69, 9.17) is 33.8 Å². The summed E-state index contributed by atoms with van der Waals surface area (Å²) in [7, 11) is 0. The second-order valence-corrected chi connectivity index (χ2v) is 14.0. The van der Waals surface area contributed by atoms with Gasteiger partial charge in [-0.05, 0) is 74.9 Å². The SMILES string of the molecule is C#CC(N)(C(=O)Cc1ccc(CNC(=O)OC(C)(C)C)cc1)c1ccccc1C(N)(C#C)C(=O)Cc1ccc(CNC(=O)OC(C)(C)C)cc1. The number of nitrogens with two attached hydrogens (primary N) is 2. The number of nitrogens with one attached hydrogen (secondary N) is 2. The maximum atomic E-state index is 13.8. The fourth-order valence-corrected chi connectivity index (χ4v) is 4.96. The predicted molar refractivity (Wildman–Crippen MR) is 192 cm³/mol. The van der Waals surface area contributed by atoms with E-state index < -0.39 is 46.0 Å². The van der Waals surface area contributed by atoms with Gasteiger partial charge in [-0.2, -0.15) is 0 Å². The second-order valence-electron chi connectivity index (χ2n) is 14.0. The predicted octanol–water partition coefficient (Wildman–Crippen LogP) is 4.93. The minimum Gasteiger partial charge on any atom is -0.444 e. The van der Waals surface area contributed by atoms with Gasteiger partial charge in [0.05, 0.1) is 0 Å². The van der Waals surface area contributed by atoms with Crippen LogP contribution in [0.5, 0.6) is 0 Å². The number of ketones is 2. The van der Waals surface area contributed by atoms with Crippen molar-refractivity contribution in [2.24, 2.45) is 11.5 Å². The minimum absolute atomic E-state index is 0.120. The van der Waals surface area contributed by atoms with Crippen LogP contribution in [0.2, 0.25) is 0 Å². The number of rotatable bonds is 12. The zero-order valence-electron chi connectivity index (χ0n) is 29.5. The number of amides is 2. The summed E-state index contributed by atoms with van der Waals surface area (Å²) >= 11 is 0. The normalized spacial score (nSPS) is 13.7. The van der Waals surface area contributed by atoms with Crippen LogP contribution in [0, 0.1) is 24.7 Å². The molecule has 6 N–H and O–H groups in total. The Morgan fingerprint density at radius 1 is 0.580 bits per heavy atom. The van der Waals surface area contributed by atoms with Gasteiger partial charge in [0.25, 0.3) is 0 Å². The van der Waals surface area contributed by atoms with E-state index in [0.717, 1.165) is 11.1 Å². The number of carbonyl (C=O) groups excluding carboxylic acids is 4. The molecule has 10 nitrogen and oxygen atoms in total. The van der Waals surface area contributed by atoms with E-state index in [1.54, 1.807) is 114 Å². The minimum atomic E-state index is -1.96. The lowest BCUT2D eigenvalue weighted by atomic mass is 9.74. The molecule has 2 atom stereocenters. The Kier molecular flexibility index (Phi) is 12.4. The van der Waals surface area contributed by atoms with Gasteiger partial charge in [0.2, 0.25) is 0 Å². The number of carbonyl (C=O) groups is 4. The topological polar surface area (TPSA) is 163 Å². The summed E-state index contributed by atoms with van der Waals surface area (Å²) < 4.78 is 10.5. The number of hydrogen-bond acceptors (Lipinski definition) is 8. The van der Waals surface area contributed by atoms with Crippen LogP contribution in [-0.2, 0) is 56.1 Å². The molecule has 2 amide bonds. The summed E-state index contributed by atoms with van der Waals surface area (Å²) in [5, 5.41) is 5.38. The standard InChI is InChI=1S/C40H46N4O6/c1-9-39(41,33(45)23-27-15-19-29(20-16-27)25-43-35(47)49-37(3,4)5)31-13-11-12-14-32(31)40(42,10-2)34(46)24-28-17-21-30(22-18-28)26-44-36(48)50-38(6,7)8/h1-2,11-22H,23-26,41-42H2,3-8H3,(H,43,47)(H,44,48). The first-order valence-electron chi connectivity index (χ1n) is 16.1. The van der Waals surface area contributed by atoms with E-state index in [1.807, 2.05) is 0 Å². The molecule has 0 radical (unpaired) electrons. The molecule has 0 aliphatic rings. The van der Waals surface area contributed by atoms with E-state index in [2.05, 4.69) is 22.5 Å². The van der Waals surface area contributed by atoms with Crippen LogP contribution >= 0.6 is 0 Å². The average Bonchev–Trinajstić information content (AvgIpc) is 3.05. The summed E-state index contributed by atoms with van der Waals surface area (Å²) in [5.41, 5.74) is 11.3. The van der Waals surface area contributed by atoms with Crippen molar-refractivity contribution in [1.82, 2.24) is 10.6 Å². The summed E-state index contributed by atoms with van der Waals surface area (Å²) in [5.74, 6) is 3.86. The van der Waals surface area contributed by atoms with E-state index in [0.29, 0.717) is 11.1 Å². The van der Waals surface area contributed by atoms with Crippen LogP contribution in [0.15, 0.2) is 72.8 Å². The highest BCUT2D eigenvalue weighted by Crippen LogP contribution is 2.32. The van der Waals surface area contributed by atoms with Crippen LogP contribution in [-0.4, -0.2) is 35.0 Å². The quantitative estimate of drug-likeness (QED) is 0.196. The van der Waals surface area contributed by atoms with Crippen LogP contribution in [0.4, 0.5) is 9.59 Å². The molecule has 0 aliphatic carbocycles. The molecule has 2 unspecified atom stereocenters. The van der Waals surface area contributed by atoms with Gasteiger partial charge in [0.1, 0.15) is 11.2 Å². The van der Waals surface area contributed by atoms with Crippen molar-refractivity contribution in [2.45, 2.75) is 89.8 Å². The van der Waals surface area contributed by atoms with Gasteiger partial charge in [0, 0.05) is 25.9 Å². The van der Waals surface area contributed by atoms with Gasteiger partial charge in [-0.3, -0.25) is 9.59 Å². The lowest BCUT2D eigenvalue weighted by Crippen LogP contribution is -2.50. The Morgan fingerprint density at radius 2 is 0.880 bits per heavy atom. The van der Waals surface area contributed by atoms with E-state index >= 15 is 0 Å². The molecule has 0 aliphatic heterocycles. The van der Waals surface area contributed by atoms with E-state index in [-0.39, 0.29) is 37.1 Å². The van der Waals surface area contributed by atoms with Crippen LogP contribution in [0.1, 0.15) is 74.9 Å². The van der Waals surface area contributed by atoms with E-state index in [1.165, 1.54) is 0 Å². The molecule has 0 aromatic heterocycles. The first kappa shape index (κ1) is 39.0. The lowest BCUT2D eigenvalue weighted by molar-refractivity contribution is -0.123. The van der Waals surface area contributed by atoms with Crippen molar-refractivity contribution in [3.63, 3.8) is 0 Å². The Balaban J connectivity index is 1.76. The van der Waals surface area contributed by atoms with Crippen molar-refractivity contribution in [2.75, 3.05) is 0 Å². The van der Waals surface area contributed by atoms with Gasteiger partial charge in [0.15, 0.2) is 22.6 Å². The molecule has 3 aromatic rings. The van der Waals surface area contributed by atoms with Crippen LogP contribution in [0.25, 0.3) is 0 Å². The molecule has 0 fully saturated rings.